The van der Waals surface area contributed by atoms with Gasteiger partial charge in [0.05, 0.1) is 9.88 Å². The van der Waals surface area contributed by atoms with Crippen molar-refractivity contribution < 1.29 is 4.79 Å². The van der Waals surface area contributed by atoms with Crippen LogP contribution in [-0.2, 0) is 6.42 Å². The van der Waals surface area contributed by atoms with Crippen LogP contribution in [0.5, 0.6) is 0 Å². The molecule has 0 atom stereocenters. The van der Waals surface area contributed by atoms with Crippen molar-refractivity contribution in [2.24, 2.45) is 0 Å². The van der Waals surface area contributed by atoms with E-state index in [0.29, 0.717) is 0 Å². The van der Waals surface area contributed by atoms with E-state index in [1.807, 2.05) is 0 Å². The lowest BCUT2D eigenvalue weighted by molar-refractivity contribution is 0.0967. The molecule has 0 bridgehead atoms. The van der Waals surface area contributed by atoms with Crippen LogP contribution in [0.15, 0.2) is 6.07 Å². The highest BCUT2D eigenvalue weighted by molar-refractivity contribution is 7.18. The molecule has 94 valence electrons. The van der Waals surface area contributed by atoms with Crippen molar-refractivity contribution in [3.8, 4) is 0 Å². The van der Waals surface area contributed by atoms with Gasteiger partial charge >= 0.3 is 0 Å². The molecule has 0 unspecified atom stereocenters. The number of anilines is 1. The van der Waals surface area contributed by atoms with Gasteiger partial charge in [0.2, 0.25) is 0 Å². The first-order valence-corrected chi connectivity index (χ1v) is 7.17. The van der Waals surface area contributed by atoms with Crippen LogP contribution in [0.1, 0.15) is 41.4 Å². The molecule has 0 fully saturated rings. The Balaban J connectivity index is 2.29. The Hall–Kier alpha value is -1.03. The van der Waals surface area contributed by atoms with Crippen LogP contribution < -0.4 is 10.2 Å². The summed E-state index contributed by atoms with van der Waals surface area (Å²) in [4.78, 5) is 15.0. The predicted octanol–water partition coefficient (Wildman–Crippen LogP) is 2.66. The summed E-state index contributed by atoms with van der Waals surface area (Å²) in [7, 11) is 1.69. The van der Waals surface area contributed by atoms with Crippen molar-refractivity contribution in [1.29, 1.82) is 0 Å². The van der Waals surface area contributed by atoms with E-state index in [1.165, 1.54) is 23.4 Å². The zero-order valence-electron chi connectivity index (χ0n) is 10.6. The third kappa shape index (κ3) is 2.63. The molecule has 1 aliphatic rings. The standard InChI is InChI=1S/C13H20N2OS/c1-3-7-15-8-5-4-6-10-9-11(12(16)14-2)17-13(10)15/h9H,3-8H2,1-2H3,(H,14,16). The second kappa shape index (κ2) is 5.54. The molecule has 1 N–H and O–H groups in total. The zero-order chi connectivity index (χ0) is 12.3. The van der Waals surface area contributed by atoms with Crippen LogP contribution in [0.3, 0.4) is 0 Å². The van der Waals surface area contributed by atoms with Crippen LogP contribution in [0.2, 0.25) is 0 Å². The molecule has 1 aromatic heterocycles. The average molecular weight is 252 g/mol. The Labute approximate surface area is 107 Å². The van der Waals surface area contributed by atoms with Crippen LogP contribution in [0, 0.1) is 0 Å². The van der Waals surface area contributed by atoms with E-state index in [4.69, 9.17) is 0 Å². The molecule has 0 aromatic carbocycles. The van der Waals surface area contributed by atoms with E-state index in [2.05, 4.69) is 23.2 Å². The first-order chi connectivity index (χ1) is 8.26. The van der Waals surface area contributed by atoms with E-state index in [-0.39, 0.29) is 5.91 Å². The number of rotatable bonds is 3. The second-order valence-electron chi connectivity index (χ2n) is 4.46. The topological polar surface area (TPSA) is 32.3 Å². The Morgan fingerprint density at radius 3 is 3.06 bits per heavy atom. The van der Waals surface area contributed by atoms with Crippen molar-refractivity contribution in [3.05, 3.63) is 16.5 Å². The van der Waals surface area contributed by atoms with E-state index < -0.39 is 0 Å². The zero-order valence-corrected chi connectivity index (χ0v) is 11.4. The lowest BCUT2D eigenvalue weighted by Crippen LogP contribution is -2.23. The minimum absolute atomic E-state index is 0.0412. The molecule has 1 aromatic rings. The van der Waals surface area contributed by atoms with Gasteiger partial charge in [-0.05, 0) is 37.3 Å². The Morgan fingerprint density at radius 2 is 2.35 bits per heavy atom. The molecular weight excluding hydrogens is 232 g/mol. The van der Waals surface area contributed by atoms with Crippen molar-refractivity contribution in [1.82, 2.24) is 5.32 Å². The molecular formula is C13H20N2OS. The number of carbonyl (C=O) groups is 1. The van der Waals surface area contributed by atoms with Gasteiger partial charge in [0.25, 0.3) is 5.91 Å². The summed E-state index contributed by atoms with van der Waals surface area (Å²) in [6.07, 6.45) is 4.77. The van der Waals surface area contributed by atoms with Gasteiger partial charge in [0.1, 0.15) is 0 Å². The predicted molar refractivity (Wildman–Crippen MR) is 73.2 cm³/mol. The van der Waals surface area contributed by atoms with Crippen molar-refractivity contribution >= 4 is 22.2 Å². The summed E-state index contributed by atoms with van der Waals surface area (Å²) in [6, 6.07) is 2.08. The van der Waals surface area contributed by atoms with Crippen molar-refractivity contribution in [2.75, 3.05) is 25.0 Å². The molecule has 2 heterocycles. The summed E-state index contributed by atoms with van der Waals surface area (Å²) < 4.78 is 0. The largest absolute Gasteiger partial charge is 0.363 e. The first-order valence-electron chi connectivity index (χ1n) is 6.36. The fourth-order valence-electron chi connectivity index (χ4n) is 2.30. The Bertz CT molecular complexity index is 400. The molecule has 0 spiro atoms. The maximum Gasteiger partial charge on any atom is 0.261 e. The van der Waals surface area contributed by atoms with Gasteiger partial charge < -0.3 is 10.2 Å². The molecule has 2 rings (SSSR count). The van der Waals surface area contributed by atoms with Crippen LogP contribution in [0.4, 0.5) is 5.00 Å². The molecule has 0 saturated carbocycles. The quantitative estimate of drug-likeness (QED) is 0.897. The number of nitrogens with zero attached hydrogens (tertiary/aromatic N) is 1. The smallest absolute Gasteiger partial charge is 0.261 e. The van der Waals surface area contributed by atoms with E-state index in [1.54, 1.807) is 18.4 Å². The molecule has 17 heavy (non-hydrogen) atoms. The number of aryl methyl sites for hydroxylation is 1. The van der Waals surface area contributed by atoms with Gasteiger partial charge in [0.15, 0.2) is 0 Å². The molecule has 0 aliphatic carbocycles. The van der Waals surface area contributed by atoms with Crippen LogP contribution in [-0.4, -0.2) is 26.0 Å². The molecule has 0 radical (unpaired) electrons. The SMILES string of the molecule is CCCN1CCCCc2cc(C(=O)NC)sc21. The van der Waals surface area contributed by atoms with Gasteiger partial charge in [-0.2, -0.15) is 0 Å². The van der Waals surface area contributed by atoms with E-state index in [9.17, 15) is 4.79 Å². The number of amides is 1. The number of nitrogens with one attached hydrogen (secondary N) is 1. The second-order valence-corrected chi connectivity index (χ2v) is 5.49. The normalized spacial score (nSPS) is 15.3. The summed E-state index contributed by atoms with van der Waals surface area (Å²) in [5.74, 6) is 0.0412. The lowest BCUT2D eigenvalue weighted by atomic mass is 10.1. The molecule has 3 nitrogen and oxygen atoms in total. The number of thiophene rings is 1. The Kier molecular flexibility index (Phi) is 4.05. The Morgan fingerprint density at radius 1 is 1.53 bits per heavy atom. The third-order valence-electron chi connectivity index (χ3n) is 3.14. The van der Waals surface area contributed by atoms with Gasteiger partial charge in [-0.15, -0.1) is 11.3 Å². The molecule has 4 heteroatoms. The number of fused-ring (bicyclic) bond motifs is 1. The summed E-state index contributed by atoms with van der Waals surface area (Å²) >= 11 is 1.64. The van der Waals surface area contributed by atoms with Crippen LogP contribution in [0.25, 0.3) is 0 Å². The summed E-state index contributed by atoms with van der Waals surface area (Å²) in [6.45, 7) is 4.44. The molecule has 1 aliphatic heterocycles. The van der Waals surface area contributed by atoms with Gasteiger partial charge in [-0.25, -0.2) is 0 Å². The van der Waals surface area contributed by atoms with Gasteiger partial charge in [-0.3, -0.25) is 4.79 Å². The number of carbonyl (C=O) groups excluding carboxylic acids is 1. The first kappa shape index (κ1) is 12.4. The van der Waals surface area contributed by atoms with Crippen molar-refractivity contribution in [2.45, 2.75) is 32.6 Å². The monoisotopic (exact) mass is 252 g/mol. The average Bonchev–Trinajstić information content (AvgIpc) is 2.68. The van der Waals surface area contributed by atoms with E-state index in [0.717, 1.165) is 30.8 Å². The highest BCUT2D eigenvalue weighted by Crippen LogP contribution is 2.35. The highest BCUT2D eigenvalue weighted by atomic mass is 32.1. The highest BCUT2D eigenvalue weighted by Gasteiger charge is 2.20. The van der Waals surface area contributed by atoms with Crippen molar-refractivity contribution in [3.63, 3.8) is 0 Å². The van der Waals surface area contributed by atoms with Crippen LogP contribution >= 0.6 is 11.3 Å². The number of hydrogen-bond acceptors (Lipinski definition) is 3. The molecule has 0 saturated heterocycles. The minimum atomic E-state index is 0.0412. The summed E-state index contributed by atoms with van der Waals surface area (Å²) in [5, 5.41) is 4.03. The lowest BCUT2D eigenvalue weighted by Gasteiger charge is -2.21. The van der Waals surface area contributed by atoms with E-state index >= 15 is 0 Å². The minimum Gasteiger partial charge on any atom is -0.363 e. The molecule has 1 amide bonds. The maximum atomic E-state index is 11.7. The summed E-state index contributed by atoms with van der Waals surface area (Å²) in [5.41, 5.74) is 1.36. The number of hydrogen-bond donors (Lipinski definition) is 1. The fraction of sp³-hybridized carbons (Fsp3) is 0.615. The van der Waals surface area contributed by atoms with Gasteiger partial charge in [0, 0.05) is 20.1 Å². The maximum absolute atomic E-state index is 11.7. The van der Waals surface area contributed by atoms with Gasteiger partial charge in [-0.1, -0.05) is 6.92 Å². The fourth-order valence-corrected chi connectivity index (χ4v) is 3.51. The third-order valence-corrected chi connectivity index (χ3v) is 4.38.